The summed E-state index contributed by atoms with van der Waals surface area (Å²) in [7, 11) is 0. The van der Waals surface area contributed by atoms with Gasteiger partial charge < -0.3 is 15.8 Å². The van der Waals surface area contributed by atoms with E-state index in [1.807, 2.05) is 6.92 Å². The van der Waals surface area contributed by atoms with E-state index >= 15 is 0 Å². The van der Waals surface area contributed by atoms with E-state index in [1.54, 1.807) is 0 Å². The minimum Gasteiger partial charge on any atom is -0.381 e. The number of hydrogen-bond acceptors (Lipinski definition) is 3. The van der Waals surface area contributed by atoms with Gasteiger partial charge in [-0.2, -0.15) is 0 Å². The molecule has 0 aromatic heterocycles. The first-order valence-corrected chi connectivity index (χ1v) is 6.32. The summed E-state index contributed by atoms with van der Waals surface area (Å²) in [6.45, 7) is 4.33. The molecule has 4 heteroatoms. The molecule has 94 valence electrons. The van der Waals surface area contributed by atoms with Crippen LogP contribution in [0.4, 0.5) is 0 Å². The minimum atomic E-state index is -0.00823. The first-order chi connectivity index (χ1) is 7.72. The number of nitrogens with two attached hydrogens (primary N) is 1. The zero-order chi connectivity index (χ0) is 11.8. The van der Waals surface area contributed by atoms with Gasteiger partial charge in [-0.15, -0.1) is 0 Å². The number of amides is 1. The second kappa shape index (κ2) is 7.63. The van der Waals surface area contributed by atoms with Crippen molar-refractivity contribution in [2.24, 2.45) is 11.7 Å². The van der Waals surface area contributed by atoms with E-state index in [9.17, 15) is 4.79 Å². The van der Waals surface area contributed by atoms with E-state index in [0.717, 1.165) is 32.0 Å². The predicted molar refractivity (Wildman–Crippen MR) is 64.1 cm³/mol. The van der Waals surface area contributed by atoms with Crippen LogP contribution >= 0.6 is 0 Å². The summed E-state index contributed by atoms with van der Waals surface area (Å²) in [6, 6.07) is -0.00823. The molecule has 4 nitrogen and oxygen atoms in total. The molecule has 1 amide bonds. The second-order valence-electron chi connectivity index (χ2n) is 4.59. The normalized spacial score (nSPS) is 17.1. The van der Waals surface area contributed by atoms with Crippen molar-refractivity contribution in [1.29, 1.82) is 0 Å². The van der Waals surface area contributed by atoms with Gasteiger partial charge in [0.05, 0.1) is 0 Å². The molecule has 0 aliphatic heterocycles. The smallest absolute Gasteiger partial charge is 0.221 e. The van der Waals surface area contributed by atoms with E-state index in [0.29, 0.717) is 13.0 Å². The molecule has 1 aliphatic rings. The van der Waals surface area contributed by atoms with Gasteiger partial charge in [-0.3, -0.25) is 4.79 Å². The lowest BCUT2D eigenvalue weighted by Crippen LogP contribution is -2.32. The molecule has 1 fully saturated rings. The standard InChI is InChI=1S/C12H24N2O2/c1-2-11(13)8-12(15)14-6-3-7-16-9-10-4-5-10/h10-11H,2-9,13H2,1H3,(H,14,15). The summed E-state index contributed by atoms with van der Waals surface area (Å²) in [6.07, 6.45) is 4.81. The van der Waals surface area contributed by atoms with E-state index in [-0.39, 0.29) is 11.9 Å². The van der Waals surface area contributed by atoms with Gasteiger partial charge in [-0.05, 0) is 31.6 Å². The highest BCUT2D eigenvalue weighted by Crippen LogP contribution is 2.28. The third-order valence-corrected chi connectivity index (χ3v) is 2.81. The zero-order valence-electron chi connectivity index (χ0n) is 10.2. The topological polar surface area (TPSA) is 64.4 Å². The summed E-state index contributed by atoms with van der Waals surface area (Å²) in [5.41, 5.74) is 5.68. The van der Waals surface area contributed by atoms with Crippen molar-refractivity contribution in [3.05, 3.63) is 0 Å². The van der Waals surface area contributed by atoms with Crippen LogP contribution in [0.3, 0.4) is 0 Å². The Kier molecular flexibility index (Phi) is 6.42. The molecule has 0 radical (unpaired) electrons. The molecule has 1 unspecified atom stereocenters. The highest BCUT2D eigenvalue weighted by molar-refractivity contribution is 5.76. The van der Waals surface area contributed by atoms with Crippen molar-refractivity contribution in [2.75, 3.05) is 19.8 Å². The lowest BCUT2D eigenvalue weighted by molar-refractivity contribution is -0.121. The molecule has 3 N–H and O–H groups in total. The van der Waals surface area contributed by atoms with Gasteiger partial charge in [0.15, 0.2) is 0 Å². The maximum Gasteiger partial charge on any atom is 0.221 e. The van der Waals surface area contributed by atoms with E-state index in [4.69, 9.17) is 10.5 Å². The van der Waals surface area contributed by atoms with Crippen LogP contribution in [0.15, 0.2) is 0 Å². The van der Waals surface area contributed by atoms with Gasteiger partial charge >= 0.3 is 0 Å². The lowest BCUT2D eigenvalue weighted by Gasteiger charge is -2.09. The lowest BCUT2D eigenvalue weighted by atomic mass is 10.1. The van der Waals surface area contributed by atoms with Crippen LogP contribution < -0.4 is 11.1 Å². The van der Waals surface area contributed by atoms with Crippen LogP contribution in [-0.2, 0) is 9.53 Å². The quantitative estimate of drug-likeness (QED) is 0.580. The Labute approximate surface area is 97.9 Å². The van der Waals surface area contributed by atoms with Gasteiger partial charge in [0.25, 0.3) is 0 Å². The third-order valence-electron chi connectivity index (χ3n) is 2.81. The van der Waals surface area contributed by atoms with Gasteiger partial charge in [-0.25, -0.2) is 0 Å². The van der Waals surface area contributed by atoms with E-state index < -0.39 is 0 Å². The highest BCUT2D eigenvalue weighted by atomic mass is 16.5. The van der Waals surface area contributed by atoms with Crippen molar-refractivity contribution >= 4 is 5.91 Å². The van der Waals surface area contributed by atoms with Crippen LogP contribution in [0.1, 0.15) is 39.0 Å². The molecule has 1 saturated carbocycles. The Hall–Kier alpha value is -0.610. The summed E-state index contributed by atoms with van der Waals surface area (Å²) in [5.74, 6) is 0.869. The van der Waals surface area contributed by atoms with Crippen LogP contribution in [-0.4, -0.2) is 31.7 Å². The fraction of sp³-hybridized carbons (Fsp3) is 0.917. The molecule has 1 rings (SSSR count). The Morgan fingerprint density at radius 1 is 1.56 bits per heavy atom. The number of ether oxygens (including phenoxy) is 1. The summed E-state index contributed by atoms with van der Waals surface area (Å²) < 4.78 is 5.47. The molecule has 0 aromatic rings. The summed E-state index contributed by atoms with van der Waals surface area (Å²) in [5, 5.41) is 2.85. The molecule has 1 aliphatic carbocycles. The monoisotopic (exact) mass is 228 g/mol. The van der Waals surface area contributed by atoms with Crippen molar-refractivity contribution in [3.8, 4) is 0 Å². The van der Waals surface area contributed by atoms with Crippen molar-refractivity contribution in [3.63, 3.8) is 0 Å². The first-order valence-electron chi connectivity index (χ1n) is 6.32. The maximum absolute atomic E-state index is 11.3. The summed E-state index contributed by atoms with van der Waals surface area (Å²) >= 11 is 0. The fourth-order valence-electron chi connectivity index (χ4n) is 1.39. The zero-order valence-corrected chi connectivity index (χ0v) is 10.2. The Bertz CT molecular complexity index is 205. The van der Waals surface area contributed by atoms with Crippen LogP contribution in [0.2, 0.25) is 0 Å². The van der Waals surface area contributed by atoms with Gasteiger partial charge in [0.2, 0.25) is 5.91 Å². The van der Waals surface area contributed by atoms with Crippen LogP contribution in [0, 0.1) is 5.92 Å². The molecular formula is C12H24N2O2. The van der Waals surface area contributed by atoms with Crippen LogP contribution in [0.5, 0.6) is 0 Å². The molecule has 16 heavy (non-hydrogen) atoms. The van der Waals surface area contributed by atoms with Crippen LogP contribution in [0.25, 0.3) is 0 Å². The Balaban J connectivity index is 1.83. The first kappa shape index (κ1) is 13.5. The van der Waals surface area contributed by atoms with Gasteiger partial charge in [0, 0.05) is 32.2 Å². The molecule has 0 spiro atoms. The number of carbonyl (C=O) groups excluding carboxylic acids is 1. The van der Waals surface area contributed by atoms with Gasteiger partial charge in [-0.1, -0.05) is 6.92 Å². The SMILES string of the molecule is CCC(N)CC(=O)NCCCOCC1CC1. The largest absolute Gasteiger partial charge is 0.381 e. The molecule has 0 heterocycles. The second-order valence-corrected chi connectivity index (χ2v) is 4.59. The number of nitrogens with one attached hydrogen (secondary N) is 1. The summed E-state index contributed by atoms with van der Waals surface area (Å²) in [4.78, 5) is 11.3. The van der Waals surface area contributed by atoms with Crippen molar-refractivity contribution in [2.45, 2.75) is 45.1 Å². The Morgan fingerprint density at radius 3 is 2.94 bits per heavy atom. The molecule has 1 atom stereocenters. The third kappa shape index (κ3) is 6.80. The molecule has 0 saturated heterocycles. The molecular weight excluding hydrogens is 204 g/mol. The number of hydrogen-bond donors (Lipinski definition) is 2. The van der Waals surface area contributed by atoms with E-state index in [2.05, 4.69) is 5.32 Å². The average Bonchev–Trinajstić information content (AvgIpc) is 3.06. The highest BCUT2D eigenvalue weighted by Gasteiger charge is 2.20. The van der Waals surface area contributed by atoms with Gasteiger partial charge in [0.1, 0.15) is 0 Å². The van der Waals surface area contributed by atoms with Crippen molar-refractivity contribution in [1.82, 2.24) is 5.32 Å². The maximum atomic E-state index is 11.3. The minimum absolute atomic E-state index is 0.00823. The average molecular weight is 228 g/mol. The van der Waals surface area contributed by atoms with E-state index in [1.165, 1.54) is 12.8 Å². The molecule has 0 bridgehead atoms. The van der Waals surface area contributed by atoms with Crippen molar-refractivity contribution < 1.29 is 9.53 Å². The predicted octanol–water partition coefficient (Wildman–Crippen LogP) is 1.05. The molecule has 0 aromatic carbocycles. The fourth-order valence-corrected chi connectivity index (χ4v) is 1.39. The number of rotatable bonds is 9. The number of carbonyl (C=O) groups is 1. The Morgan fingerprint density at radius 2 is 2.31 bits per heavy atom.